The Kier molecular flexibility index (Phi) is 5.77. The van der Waals surface area contributed by atoms with Gasteiger partial charge in [-0.1, -0.05) is 23.7 Å². The molecule has 2 aliphatic heterocycles. The van der Waals surface area contributed by atoms with Crippen molar-refractivity contribution >= 4 is 17.5 Å². The van der Waals surface area contributed by atoms with Crippen LogP contribution in [0.4, 0.5) is 0 Å². The largest absolute Gasteiger partial charge is 0.375 e. The molecule has 1 amide bonds. The Hall–Kier alpha value is -1.10. The van der Waals surface area contributed by atoms with Crippen LogP contribution in [0.1, 0.15) is 50.5 Å². The minimum Gasteiger partial charge on any atom is -0.375 e. The Morgan fingerprint density at radius 2 is 1.96 bits per heavy atom. The minimum absolute atomic E-state index is 0.0732. The van der Waals surface area contributed by atoms with Gasteiger partial charge < -0.3 is 9.64 Å². The summed E-state index contributed by atoms with van der Waals surface area (Å²) in [7, 11) is 2.00. The van der Waals surface area contributed by atoms with Crippen molar-refractivity contribution in [2.45, 2.75) is 69.1 Å². The number of likely N-dealkylation sites (N-methyl/N-ethyl adjacent to an activating group) is 1. The van der Waals surface area contributed by atoms with Gasteiger partial charge in [-0.25, -0.2) is 0 Å². The van der Waals surface area contributed by atoms with Gasteiger partial charge in [0.1, 0.15) is 0 Å². The Morgan fingerprint density at radius 3 is 2.63 bits per heavy atom. The maximum absolute atomic E-state index is 13.0. The Labute approximate surface area is 167 Å². The number of ether oxygens (including phenoxy) is 1. The predicted molar refractivity (Wildman–Crippen MR) is 108 cm³/mol. The van der Waals surface area contributed by atoms with E-state index in [1.165, 1.54) is 25.7 Å². The van der Waals surface area contributed by atoms with Crippen molar-refractivity contribution in [1.29, 1.82) is 0 Å². The molecule has 4 rings (SSSR count). The summed E-state index contributed by atoms with van der Waals surface area (Å²) < 4.78 is 6.22. The van der Waals surface area contributed by atoms with E-state index < -0.39 is 0 Å². The van der Waals surface area contributed by atoms with E-state index in [-0.39, 0.29) is 17.6 Å². The first-order valence-corrected chi connectivity index (χ1v) is 10.8. The summed E-state index contributed by atoms with van der Waals surface area (Å²) in [5.74, 6) is 0.204. The third kappa shape index (κ3) is 4.18. The number of benzene rings is 1. The molecule has 1 aromatic rings. The molecule has 0 bridgehead atoms. The normalized spacial score (nSPS) is 31.5. The van der Waals surface area contributed by atoms with Crippen LogP contribution < -0.4 is 0 Å². The molecule has 0 aromatic heterocycles. The molecule has 1 spiro atoms. The smallest absolute Gasteiger partial charge is 0.227 e. The average Bonchev–Trinajstić information content (AvgIpc) is 3.35. The molecular formula is C22H31ClN2O2. The summed E-state index contributed by atoms with van der Waals surface area (Å²) in [5, 5.41) is 0.711. The number of hydrogen-bond donors (Lipinski definition) is 0. The van der Waals surface area contributed by atoms with Crippen LogP contribution in [0.25, 0.3) is 0 Å². The maximum atomic E-state index is 13.0. The molecule has 0 N–H and O–H groups in total. The van der Waals surface area contributed by atoms with Crippen molar-refractivity contribution in [2.24, 2.45) is 0 Å². The predicted octanol–water partition coefficient (Wildman–Crippen LogP) is 3.91. The first-order valence-electron chi connectivity index (χ1n) is 10.4. The Bertz CT molecular complexity index is 651. The zero-order valence-electron chi connectivity index (χ0n) is 16.3. The van der Waals surface area contributed by atoms with Crippen LogP contribution in [0, 0.1) is 0 Å². The van der Waals surface area contributed by atoms with Crippen LogP contribution in [-0.4, -0.2) is 60.1 Å². The van der Waals surface area contributed by atoms with E-state index in [1.54, 1.807) is 0 Å². The number of carbonyl (C=O) groups is 1. The van der Waals surface area contributed by atoms with Crippen LogP contribution in [0.2, 0.25) is 5.02 Å². The molecule has 3 atom stereocenters. The number of likely N-dealkylation sites (tertiary alicyclic amines) is 1. The van der Waals surface area contributed by atoms with Crippen molar-refractivity contribution in [3.8, 4) is 0 Å². The number of nitrogens with zero attached hydrogens (tertiary/aromatic N) is 2. The van der Waals surface area contributed by atoms with E-state index in [0.29, 0.717) is 17.5 Å². The molecule has 2 saturated heterocycles. The Morgan fingerprint density at radius 1 is 1.22 bits per heavy atom. The summed E-state index contributed by atoms with van der Waals surface area (Å²) in [6.45, 7) is 3.23. The summed E-state index contributed by atoms with van der Waals surface area (Å²) in [5.41, 5.74) is 1.10. The maximum Gasteiger partial charge on any atom is 0.227 e. The van der Waals surface area contributed by atoms with Crippen molar-refractivity contribution in [3.63, 3.8) is 0 Å². The molecule has 3 aliphatic rings. The highest BCUT2D eigenvalue weighted by Crippen LogP contribution is 2.42. The second kappa shape index (κ2) is 8.10. The molecule has 5 heteroatoms. The molecule has 1 aliphatic carbocycles. The van der Waals surface area contributed by atoms with Gasteiger partial charge in [0.05, 0.1) is 12.0 Å². The summed E-state index contributed by atoms with van der Waals surface area (Å²) in [6, 6.07) is 8.34. The monoisotopic (exact) mass is 390 g/mol. The van der Waals surface area contributed by atoms with Gasteiger partial charge in [0.25, 0.3) is 0 Å². The van der Waals surface area contributed by atoms with Crippen molar-refractivity contribution < 1.29 is 9.53 Å². The van der Waals surface area contributed by atoms with Crippen LogP contribution >= 0.6 is 11.6 Å². The van der Waals surface area contributed by atoms with Crippen LogP contribution in [0.15, 0.2) is 24.3 Å². The van der Waals surface area contributed by atoms with Crippen molar-refractivity contribution in [3.05, 3.63) is 34.9 Å². The van der Waals surface area contributed by atoms with E-state index in [2.05, 4.69) is 4.90 Å². The SMILES string of the molecule is CN(C(=O)Cc1ccc(Cl)cc1)C1CCC2(CCCO2)CC1N1CCCC1. The van der Waals surface area contributed by atoms with E-state index >= 15 is 0 Å². The minimum atomic E-state index is 0.0732. The summed E-state index contributed by atoms with van der Waals surface area (Å²) in [4.78, 5) is 17.7. The van der Waals surface area contributed by atoms with E-state index in [0.717, 1.165) is 44.5 Å². The summed E-state index contributed by atoms with van der Waals surface area (Å²) in [6.07, 6.45) is 8.58. The van der Waals surface area contributed by atoms with Gasteiger partial charge in [-0.15, -0.1) is 0 Å². The fourth-order valence-corrected chi connectivity index (χ4v) is 5.45. The average molecular weight is 391 g/mol. The highest BCUT2D eigenvalue weighted by atomic mass is 35.5. The van der Waals surface area contributed by atoms with E-state index in [4.69, 9.17) is 16.3 Å². The summed E-state index contributed by atoms with van der Waals surface area (Å²) >= 11 is 5.97. The molecule has 0 radical (unpaired) electrons. The van der Waals surface area contributed by atoms with E-state index in [1.807, 2.05) is 36.2 Å². The lowest BCUT2D eigenvalue weighted by atomic mass is 9.76. The third-order valence-corrected chi connectivity index (χ3v) is 7.13. The molecule has 1 aromatic carbocycles. The number of carbonyl (C=O) groups excluding carboxylic acids is 1. The van der Waals surface area contributed by atoms with Crippen LogP contribution in [0.5, 0.6) is 0 Å². The Balaban J connectivity index is 1.47. The van der Waals surface area contributed by atoms with Gasteiger partial charge >= 0.3 is 0 Å². The molecule has 1 saturated carbocycles. The second-order valence-corrected chi connectivity index (χ2v) is 9.00. The zero-order chi connectivity index (χ0) is 18.9. The van der Waals surface area contributed by atoms with Gasteiger partial charge in [0.2, 0.25) is 5.91 Å². The molecule has 27 heavy (non-hydrogen) atoms. The quantitative estimate of drug-likeness (QED) is 0.781. The van der Waals surface area contributed by atoms with Gasteiger partial charge in [0, 0.05) is 30.8 Å². The first-order chi connectivity index (χ1) is 13.1. The topological polar surface area (TPSA) is 32.8 Å². The standard InChI is InChI=1S/C22H31ClN2O2/c1-24(21(26)15-17-5-7-18(23)8-6-17)19-9-11-22(10-4-14-27-22)16-20(19)25-12-2-3-13-25/h5-8,19-20H,2-4,9-16H2,1H3. The molecule has 3 fully saturated rings. The van der Waals surface area contributed by atoms with Gasteiger partial charge in [-0.05, 0) is 75.7 Å². The van der Waals surface area contributed by atoms with E-state index in [9.17, 15) is 4.79 Å². The molecule has 3 unspecified atom stereocenters. The highest BCUT2D eigenvalue weighted by molar-refractivity contribution is 6.30. The highest BCUT2D eigenvalue weighted by Gasteiger charge is 2.47. The number of rotatable bonds is 4. The number of amides is 1. The zero-order valence-corrected chi connectivity index (χ0v) is 17.1. The lowest BCUT2D eigenvalue weighted by Gasteiger charge is -2.48. The third-order valence-electron chi connectivity index (χ3n) is 6.88. The molecule has 2 heterocycles. The fourth-order valence-electron chi connectivity index (χ4n) is 5.32. The number of hydrogen-bond acceptors (Lipinski definition) is 3. The second-order valence-electron chi connectivity index (χ2n) is 8.56. The number of halogens is 1. The molecule has 4 nitrogen and oxygen atoms in total. The van der Waals surface area contributed by atoms with Crippen molar-refractivity contribution in [1.82, 2.24) is 9.80 Å². The lowest BCUT2D eigenvalue weighted by molar-refractivity contribution is -0.136. The van der Waals surface area contributed by atoms with Crippen LogP contribution in [-0.2, 0) is 16.0 Å². The lowest BCUT2D eigenvalue weighted by Crippen LogP contribution is -2.58. The van der Waals surface area contributed by atoms with Crippen LogP contribution in [0.3, 0.4) is 0 Å². The fraction of sp³-hybridized carbons (Fsp3) is 0.682. The molecular weight excluding hydrogens is 360 g/mol. The van der Waals surface area contributed by atoms with Gasteiger partial charge in [0.15, 0.2) is 0 Å². The molecule has 148 valence electrons. The van der Waals surface area contributed by atoms with Gasteiger partial charge in [-0.2, -0.15) is 0 Å². The van der Waals surface area contributed by atoms with Crippen molar-refractivity contribution in [2.75, 3.05) is 26.7 Å². The first kappa shape index (κ1) is 19.2. The van der Waals surface area contributed by atoms with Gasteiger partial charge in [-0.3, -0.25) is 9.69 Å².